The highest BCUT2D eigenvalue weighted by Gasteiger charge is 2.08. The molecule has 0 radical (unpaired) electrons. The van der Waals surface area contributed by atoms with Crippen molar-refractivity contribution in [3.63, 3.8) is 0 Å². The van der Waals surface area contributed by atoms with Gasteiger partial charge in [0.2, 0.25) is 0 Å². The highest BCUT2D eigenvalue weighted by atomic mass is 16.5. The van der Waals surface area contributed by atoms with Crippen LogP contribution in [-0.2, 0) is 11.2 Å². The van der Waals surface area contributed by atoms with Gasteiger partial charge in [-0.25, -0.2) is 4.79 Å². The fourth-order valence-electron chi connectivity index (χ4n) is 2.12. The van der Waals surface area contributed by atoms with E-state index >= 15 is 0 Å². The molecule has 0 saturated carbocycles. The van der Waals surface area contributed by atoms with E-state index in [1.807, 2.05) is 12.1 Å². The molecule has 0 fully saturated rings. The number of rotatable bonds is 5. The van der Waals surface area contributed by atoms with E-state index in [1.165, 1.54) is 12.7 Å². The monoisotopic (exact) mass is 284 g/mol. The number of methoxy groups -OCH3 is 1. The van der Waals surface area contributed by atoms with E-state index in [4.69, 9.17) is 5.73 Å². The molecule has 0 heterocycles. The molecule has 0 aliphatic heterocycles. The quantitative estimate of drug-likeness (QED) is 0.648. The number of aryl methyl sites for hydroxylation is 1. The van der Waals surface area contributed by atoms with Gasteiger partial charge in [0.05, 0.1) is 24.0 Å². The van der Waals surface area contributed by atoms with Crippen LogP contribution in [0, 0.1) is 0 Å². The van der Waals surface area contributed by atoms with Gasteiger partial charge in [-0.1, -0.05) is 25.5 Å². The lowest BCUT2D eigenvalue weighted by Crippen LogP contribution is -2.03. The third kappa shape index (κ3) is 3.75. The largest absolute Gasteiger partial charge is 0.465 e. The molecule has 110 valence electrons. The van der Waals surface area contributed by atoms with E-state index in [1.54, 1.807) is 18.2 Å². The molecule has 4 heteroatoms. The van der Waals surface area contributed by atoms with Crippen LogP contribution in [0.2, 0.25) is 0 Å². The molecule has 0 atom stereocenters. The minimum Gasteiger partial charge on any atom is -0.465 e. The Morgan fingerprint density at radius 3 is 2.48 bits per heavy atom. The van der Waals surface area contributed by atoms with E-state index in [2.05, 4.69) is 29.1 Å². The number of anilines is 3. The van der Waals surface area contributed by atoms with Gasteiger partial charge >= 0.3 is 5.97 Å². The van der Waals surface area contributed by atoms with Crippen LogP contribution in [0.25, 0.3) is 0 Å². The van der Waals surface area contributed by atoms with Gasteiger partial charge in [-0.2, -0.15) is 0 Å². The van der Waals surface area contributed by atoms with Crippen molar-refractivity contribution < 1.29 is 9.53 Å². The molecule has 0 aliphatic carbocycles. The summed E-state index contributed by atoms with van der Waals surface area (Å²) in [6.45, 7) is 2.16. The molecule has 0 aromatic heterocycles. The number of nitrogens with two attached hydrogens (primary N) is 1. The molecule has 0 unspecified atom stereocenters. The van der Waals surface area contributed by atoms with Crippen LogP contribution >= 0.6 is 0 Å². The highest BCUT2D eigenvalue weighted by molar-refractivity contribution is 5.92. The lowest BCUT2D eigenvalue weighted by molar-refractivity contribution is 0.0601. The summed E-state index contributed by atoms with van der Waals surface area (Å²) in [4.78, 5) is 11.4. The number of hydrogen-bond donors (Lipinski definition) is 2. The molecule has 2 aromatic rings. The maximum absolute atomic E-state index is 11.4. The summed E-state index contributed by atoms with van der Waals surface area (Å²) in [7, 11) is 1.35. The maximum Gasteiger partial charge on any atom is 0.337 e. The van der Waals surface area contributed by atoms with Crippen LogP contribution in [-0.4, -0.2) is 13.1 Å². The maximum atomic E-state index is 11.4. The van der Waals surface area contributed by atoms with Crippen LogP contribution < -0.4 is 11.1 Å². The van der Waals surface area contributed by atoms with Crippen molar-refractivity contribution in [2.24, 2.45) is 0 Å². The second-order valence-electron chi connectivity index (χ2n) is 4.87. The molecule has 0 spiro atoms. The second kappa shape index (κ2) is 6.79. The Morgan fingerprint density at radius 2 is 1.90 bits per heavy atom. The molecule has 21 heavy (non-hydrogen) atoms. The van der Waals surface area contributed by atoms with Crippen molar-refractivity contribution in [1.82, 2.24) is 0 Å². The summed E-state index contributed by atoms with van der Waals surface area (Å²) in [5.74, 6) is -0.392. The lowest BCUT2D eigenvalue weighted by Gasteiger charge is -2.11. The zero-order valence-electron chi connectivity index (χ0n) is 12.3. The smallest absolute Gasteiger partial charge is 0.337 e. The first-order valence-corrected chi connectivity index (χ1v) is 6.98. The van der Waals surface area contributed by atoms with Crippen molar-refractivity contribution in [2.45, 2.75) is 19.8 Å². The molecular weight excluding hydrogens is 264 g/mol. The lowest BCUT2D eigenvalue weighted by atomic mass is 10.1. The predicted octanol–water partition coefficient (Wildman–Crippen LogP) is 3.75. The average Bonchev–Trinajstić information content (AvgIpc) is 2.50. The predicted molar refractivity (Wildman–Crippen MR) is 85.9 cm³/mol. The third-order valence-electron chi connectivity index (χ3n) is 3.24. The first-order chi connectivity index (χ1) is 10.1. The van der Waals surface area contributed by atoms with Crippen molar-refractivity contribution in [1.29, 1.82) is 0 Å². The Labute approximate surface area is 124 Å². The average molecular weight is 284 g/mol. The van der Waals surface area contributed by atoms with Crippen LogP contribution in [0.4, 0.5) is 17.1 Å². The van der Waals surface area contributed by atoms with Crippen molar-refractivity contribution in [3.05, 3.63) is 53.6 Å². The standard InChI is InChI=1S/C17H20N2O2/c1-3-4-12-5-8-14(9-6-12)19-16-10-7-13(11-15(16)18)17(20)21-2/h5-11,19H,3-4,18H2,1-2H3. The zero-order chi connectivity index (χ0) is 15.2. The molecule has 0 bridgehead atoms. The SMILES string of the molecule is CCCc1ccc(Nc2ccc(C(=O)OC)cc2N)cc1. The Kier molecular flexibility index (Phi) is 4.82. The van der Waals surface area contributed by atoms with Crippen molar-refractivity contribution in [2.75, 3.05) is 18.2 Å². The molecule has 4 nitrogen and oxygen atoms in total. The molecule has 2 aromatic carbocycles. The zero-order valence-corrected chi connectivity index (χ0v) is 12.3. The molecule has 0 aliphatic rings. The van der Waals surface area contributed by atoms with Gasteiger partial charge in [0.15, 0.2) is 0 Å². The Morgan fingerprint density at radius 1 is 1.19 bits per heavy atom. The van der Waals surface area contributed by atoms with E-state index in [0.29, 0.717) is 11.3 Å². The number of carbonyl (C=O) groups excluding carboxylic acids is 1. The first kappa shape index (κ1) is 14.9. The van der Waals surface area contributed by atoms with Crippen molar-refractivity contribution >= 4 is 23.0 Å². The summed E-state index contributed by atoms with van der Waals surface area (Å²) in [5, 5.41) is 3.25. The van der Waals surface area contributed by atoms with Gasteiger partial charge in [0, 0.05) is 5.69 Å². The fourth-order valence-corrected chi connectivity index (χ4v) is 2.12. The molecule has 0 amide bonds. The van der Waals surface area contributed by atoms with Crippen molar-refractivity contribution in [3.8, 4) is 0 Å². The van der Waals surface area contributed by atoms with Crippen LogP contribution in [0.1, 0.15) is 29.3 Å². The van der Waals surface area contributed by atoms with Gasteiger partial charge in [-0.15, -0.1) is 0 Å². The molecule has 0 saturated heterocycles. The molecule has 2 rings (SSSR count). The summed E-state index contributed by atoms with van der Waals surface area (Å²) in [6.07, 6.45) is 2.21. The minimum absolute atomic E-state index is 0.392. The summed E-state index contributed by atoms with van der Waals surface area (Å²) in [5.41, 5.74) is 9.97. The van der Waals surface area contributed by atoms with Gasteiger partial charge < -0.3 is 15.8 Å². The van der Waals surface area contributed by atoms with E-state index in [-0.39, 0.29) is 0 Å². The summed E-state index contributed by atoms with van der Waals surface area (Å²) >= 11 is 0. The number of esters is 1. The van der Waals surface area contributed by atoms with Gasteiger partial charge in [0.25, 0.3) is 0 Å². The Hall–Kier alpha value is -2.49. The number of hydrogen-bond acceptors (Lipinski definition) is 4. The topological polar surface area (TPSA) is 64.3 Å². The number of nitrogen functional groups attached to an aromatic ring is 1. The molecule has 3 N–H and O–H groups in total. The minimum atomic E-state index is -0.392. The van der Waals surface area contributed by atoms with Crippen LogP contribution in [0.5, 0.6) is 0 Å². The van der Waals surface area contributed by atoms with E-state index in [0.717, 1.165) is 24.2 Å². The normalized spacial score (nSPS) is 10.2. The Bertz CT molecular complexity index is 621. The fraction of sp³-hybridized carbons (Fsp3) is 0.235. The van der Waals surface area contributed by atoms with Gasteiger partial charge in [0.1, 0.15) is 0 Å². The molecular formula is C17H20N2O2. The first-order valence-electron chi connectivity index (χ1n) is 6.98. The summed E-state index contributed by atoms with van der Waals surface area (Å²) in [6, 6.07) is 13.3. The number of carbonyl (C=O) groups is 1. The number of benzene rings is 2. The van der Waals surface area contributed by atoms with Crippen LogP contribution in [0.3, 0.4) is 0 Å². The summed E-state index contributed by atoms with van der Waals surface area (Å²) < 4.78 is 4.67. The van der Waals surface area contributed by atoms with Crippen LogP contribution in [0.15, 0.2) is 42.5 Å². The van der Waals surface area contributed by atoms with Gasteiger partial charge in [-0.05, 0) is 42.3 Å². The van der Waals surface area contributed by atoms with E-state index < -0.39 is 5.97 Å². The van der Waals surface area contributed by atoms with E-state index in [9.17, 15) is 4.79 Å². The second-order valence-corrected chi connectivity index (χ2v) is 4.87. The number of nitrogens with one attached hydrogen (secondary N) is 1. The highest BCUT2D eigenvalue weighted by Crippen LogP contribution is 2.25. The third-order valence-corrected chi connectivity index (χ3v) is 3.24. The number of ether oxygens (including phenoxy) is 1. The van der Waals surface area contributed by atoms with Gasteiger partial charge in [-0.3, -0.25) is 0 Å². The Balaban J connectivity index is 2.14.